The molecule has 0 aliphatic carbocycles. The third-order valence-electron chi connectivity index (χ3n) is 4.78. The second-order valence-corrected chi connectivity index (χ2v) is 7.82. The van der Waals surface area contributed by atoms with E-state index in [0.29, 0.717) is 12.3 Å². The standard InChI is InChI=1S/C21H25FN2OS/c22-19-8-10-20(11-9-19)26-16-21(25)23-14-17-6-2-3-7-18(17)15-24-12-4-1-5-13-24/h2-3,6-11H,1,4-5,12-16H2,(H,23,25)/p+1. The first-order valence-corrected chi connectivity index (χ1v) is 10.2. The van der Waals surface area contributed by atoms with Crippen molar-refractivity contribution >= 4 is 17.7 Å². The highest BCUT2D eigenvalue weighted by Gasteiger charge is 2.15. The number of hydrogen-bond donors (Lipinski definition) is 2. The maximum atomic E-state index is 12.9. The summed E-state index contributed by atoms with van der Waals surface area (Å²) in [5, 5.41) is 3.02. The molecular formula is C21H26FN2OS+. The van der Waals surface area contributed by atoms with Gasteiger partial charge in [-0.3, -0.25) is 4.79 Å². The van der Waals surface area contributed by atoms with Crippen LogP contribution >= 0.6 is 11.8 Å². The van der Waals surface area contributed by atoms with Crippen LogP contribution in [0.25, 0.3) is 0 Å². The van der Waals surface area contributed by atoms with Gasteiger partial charge in [0.2, 0.25) is 5.91 Å². The van der Waals surface area contributed by atoms with Crippen LogP contribution < -0.4 is 10.2 Å². The Labute approximate surface area is 159 Å². The maximum absolute atomic E-state index is 12.9. The fraction of sp³-hybridized carbons (Fsp3) is 0.381. The molecule has 2 aromatic carbocycles. The predicted octanol–water partition coefficient (Wildman–Crippen LogP) is 2.80. The fourth-order valence-electron chi connectivity index (χ4n) is 3.32. The largest absolute Gasteiger partial charge is 0.351 e. The predicted molar refractivity (Wildman–Crippen MR) is 104 cm³/mol. The van der Waals surface area contributed by atoms with E-state index in [0.717, 1.165) is 11.4 Å². The quantitative estimate of drug-likeness (QED) is 0.732. The molecule has 0 radical (unpaired) electrons. The van der Waals surface area contributed by atoms with Crippen molar-refractivity contribution in [3.63, 3.8) is 0 Å². The number of hydrogen-bond acceptors (Lipinski definition) is 2. The van der Waals surface area contributed by atoms with Crippen LogP contribution in [-0.4, -0.2) is 24.7 Å². The first-order valence-electron chi connectivity index (χ1n) is 9.26. The Hall–Kier alpha value is -1.85. The summed E-state index contributed by atoms with van der Waals surface area (Å²) in [4.78, 5) is 14.7. The topological polar surface area (TPSA) is 33.5 Å². The van der Waals surface area contributed by atoms with Crippen LogP contribution in [0.3, 0.4) is 0 Å². The average molecular weight is 374 g/mol. The Kier molecular flexibility index (Phi) is 7.09. The molecule has 1 aliphatic heterocycles. The van der Waals surface area contributed by atoms with Gasteiger partial charge >= 0.3 is 0 Å². The molecule has 2 N–H and O–H groups in total. The van der Waals surface area contributed by atoms with Gasteiger partial charge in [0, 0.05) is 17.0 Å². The van der Waals surface area contributed by atoms with E-state index in [4.69, 9.17) is 0 Å². The van der Waals surface area contributed by atoms with E-state index < -0.39 is 0 Å². The number of carbonyl (C=O) groups is 1. The Balaban J connectivity index is 1.49. The highest BCUT2D eigenvalue weighted by molar-refractivity contribution is 8.00. The fourth-order valence-corrected chi connectivity index (χ4v) is 4.05. The minimum Gasteiger partial charge on any atom is -0.351 e. The van der Waals surface area contributed by atoms with Crippen LogP contribution in [0.2, 0.25) is 0 Å². The van der Waals surface area contributed by atoms with Crippen LogP contribution in [-0.2, 0) is 17.9 Å². The van der Waals surface area contributed by atoms with Gasteiger partial charge in [0.15, 0.2) is 0 Å². The summed E-state index contributed by atoms with van der Waals surface area (Å²) in [5.41, 5.74) is 2.53. The van der Waals surface area contributed by atoms with Crippen molar-refractivity contribution in [2.24, 2.45) is 0 Å². The lowest BCUT2D eigenvalue weighted by atomic mass is 10.0. The minimum absolute atomic E-state index is 0.000512. The molecule has 2 aromatic rings. The van der Waals surface area contributed by atoms with Crippen molar-refractivity contribution in [3.05, 3.63) is 65.5 Å². The lowest BCUT2D eigenvalue weighted by Gasteiger charge is -2.24. The van der Waals surface area contributed by atoms with Gasteiger partial charge in [0.1, 0.15) is 12.4 Å². The number of rotatable bonds is 7. The molecule has 1 aliphatic rings. The Bertz CT molecular complexity index is 714. The molecule has 3 nitrogen and oxygen atoms in total. The summed E-state index contributed by atoms with van der Waals surface area (Å²) in [5.74, 6) is 0.0798. The van der Waals surface area contributed by atoms with E-state index >= 15 is 0 Å². The summed E-state index contributed by atoms with van der Waals surface area (Å²) >= 11 is 1.42. The molecule has 0 aromatic heterocycles. The Morgan fingerprint density at radius 2 is 1.69 bits per heavy atom. The zero-order chi connectivity index (χ0) is 18.2. The molecule has 0 spiro atoms. The molecule has 1 heterocycles. The van der Waals surface area contributed by atoms with E-state index in [2.05, 4.69) is 23.5 Å². The number of nitrogens with one attached hydrogen (secondary N) is 2. The molecule has 26 heavy (non-hydrogen) atoms. The van der Waals surface area contributed by atoms with E-state index in [1.807, 2.05) is 6.07 Å². The zero-order valence-electron chi connectivity index (χ0n) is 15.0. The van der Waals surface area contributed by atoms with E-state index in [1.165, 1.54) is 67.4 Å². The van der Waals surface area contributed by atoms with Gasteiger partial charge in [0.25, 0.3) is 0 Å². The zero-order valence-corrected chi connectivity index (χ0v) is 15.8. The van der Waals surface area contributed by atoms with E-state index in [-0.39, 0.29) is 11.7 Å². The van der Waals surface area contributed by atoms with Crippen LogP contribution in [0.1, 0.15) is 30.4 Å². The molecule has 0 unspecified atom stereocenters. The first kappa shape index (κ1) is 18.9. The molecule has 3 rings (SSSR count). The highest BCUT2D eigenvalue weighted by Crippen LogP contribution is 2.17. The third kappa shape index (κ3) is 5.85. The molecule has 0 bridgehead atoms. The second-order valence-electron chi connectivity index (χ2n) is 6.78. The first-order chi connectivity index (χ1) is 12.7. The molecule has 138 valence electrons. The van der Waals surface area contributed by atoms with Gasteiger partial charge in [-0.2, -0.15) is 0 Å². The van der Waals surface area contributed by atoms with Crippen molar-refractivity contribution in [2.45, 2.75) is 37.2 Å². The lowest BCUT2D eigenvalue weighted by molar-refractivity contribution is -0.918. The molecular weight excluding hydrogens is 347 g/mol. The minimum atomic E-state index is -0.258. The van der Waals surface area contributed by atoms with Crippen LogP contribution in [0.4, 0.5) is 4.39 Å². The van der Waals surface area contributed by atoms with Crippen molar-refractivity contribution in [1.82, 2.24) is 5.32 Å². The van der Waals surface area contributed by atoms with Gasteiger partial charge < -0.3 is 10.2 Å². The molecule has 1 saturated heterocycles. The maximum Gasteiger partial charge on any atom is 0.230 e. The summed E-state index contributed by atoms with van der Waals surface area (Å²) in [6.45, 7) is 4.09. The normalized spacial score (nSPS) is 15.0. The molecule has 0 atom stereocenters. The lowest BCUT2D eigenvalue weighted by Crippen LogP contribution is -3.11. The number of likely N-dealkylation sites (tertiary alicyclic amines) is 1. The number of quaternary nitrogens is 1. The molecule has 1 fully saturated rings. The SMILES string of the molecule is O=C(CSc1ccc(F)cc1)NCc1ccccc1C[NH+]1CCCCC1. The van der Waals surface area contributed by atoms with E-state index in [9.17, 15) is 9.18 Å². The Morgan fingerprint density at radius 3 is 2.42 bits per heavy atom. The number of piperidine rings is 1. The van der Waals surface area contributed by atoms with Crippen LogP contribution in [0.5, 0.6) is 0 Å². The summed E-state index contributed by atoms with van der Waals surface area (Å²) in [6, 6.07) is 14.6. The molecule has 1 amide bonds. The third-order valence-corrected chi connectivity index (χ3v) is 5.79. The van der Waals surface area contributed by atoms with Gasteiger partial charge in [-0.25, -0.2) is 4.39 Å². The van der Waals surface area contributed by atoms with E-state index in [1.54, 1.807) is 17.0 Å². The second kappa shape index (κ2) is 9.74. The number of thioether (sulfide) groups is 1. The van der Waals surface area contributed by atoms with Crippen molar-refractivity contribution in [1.29, 1.82) is 0 Å². The van der Waals surface area contributed by atoms with Crippen LogP contribution in [0, 0.1) is 5.82 Å². The molecule has 0 saturated carbocycles. The Morgan fingerprint density at radius 1 is 1.00 bits per heavy atom. The van der Waals surface area contributed by atoms with Crippen molar-refractivity contribution in [2.75, 3.05) is 18.8 Å². The summed E-state index contributed by atoms with van der Waals surface area (Å²) in [7, 11) is 0. The summed E-state index contributed by atoms with van der Waals surface area (Å²) < 4.78 is 12.9. The van der Waals surface area contributed by atoms with Gasteiger partial charge in [-0.1, -0.05) is 24.3 Å². The van der Waals surface area contributed by atoms with Crippen molar-refractivity contribution < 1.29 is 14.1 Å². The summed E-state index contributed by atoms with van der Waals surface area (Å²) in [6.07, 6.45) is 3.98. The number of amides is 1. The van der Waals surface area contributed by atoms with Crippen LogP contribution in [0.15, 0.2) is 53.4 Å². The molecule has 5 heteroatoms. The number of halogens is 1. The number of benzene rings is 2. The smallest absolute Gasteiger partial charge is 0.230 e. The average Bonchev–Trinajstić information content (AvgIpc) is 2.68. The van der Waals surface area contributed by atoms with Gasteiger partial charge in [0.05, 0.1) is 18.8 Å². The van der Waals surface area contributed by atoms with Gasteiger partial charge in [-0.05, 0) is 49.1 Å². The van der Waals surface area contributed by atoms with Crippen molar-refractivity contribution in [3.8, 4) is 0 Å². The monoisotopic (exact) mass is 373 g/mol. The highest BCUT2D eigenvalue weighted by atomic mass is 32.2. The number of carbonyl (C=O) groups excluding carboxylic acids is 1. The van der Waals surface area contributed by atoms with Gasteiger partial charge in [-0.15, -0.1) is 11.8 Å².